The van der Waals surface area contributed by atoms with Gasteiger partial charge in [0.2, 0.25) is 5.91 Å². The fourth-order valence-corrected chi connectivity index (χ4v) is 3.47. The molecule has 3 aromatic rings. The van der Waals surface area contributed by atoms with Crippen molar-refractivity contribution >= 4 is 22.5 Å². The van der Waals surface area contributed by atoms with Gasteiger partial charge in [-0.1, -0.05) is 19.1 Å². The number of carbonyl (C=O) groups is 1. The summed E-state index contributed by atoms with van der Waals surface area (Å²) in [6.07, 6.45) is 0.971. The molecule has 1 aliphatic rings. The number of aromatic nitrogens is 1. The zero-order valence-electron chi connectivity index (χ0n) is 16.2. The first-order valence-electron chi connectivity index (χ1n) is 9.62. The minimum absolute atomic E-state index is 0.200. The highest BCUT2D eigenvalue weighted by Gasteiger charge is 2.17. The van der Waals surface area contributed by atoms with E-state index in [4.69, 9.17) is 15.2 Å². The van der Waals surface area contributed by atoms with Gasteiger partial charge in [-0.25, -0.2) is 0 Å². The Labute approximate surface area is 168 Å². The Morgan fingerprint density at radius 3 is 2.45 bits per heavy atom. The molecule has 0 aliphatic carbocycles. The molecule has 0 saturated carbocycles. The molecule has 7 nitrogen and oxygen atoms in total. The minimum atomic E-state index is -0.580. The first-order chi connectivity index (χ1) is 14.0. The van der Waals surface area contributed by atoms with E-state index in [1.165, 1.54) is 10.1 Å². The van der Waals surface area contributed by atoms with Gasteiger partial charge < -0.3 is 20.5 Å². The van der Waals surface area contributed by atoms with Gasteiger partial charge in [-0.3, -0.25) is 14.2 Å². The third kappa shape index (κ3) is 3.89. The highest BCUT2D eigenvalue weighted by atomic mass is 16.6. The Hall–Kier alpha value is -3.48. The summed E-state index contributed by atoms with van der Waals surface area (Å²) in [5, 5.41) is 4.06. The SMILES string of the molecule is CCc1ccc(NCc2cc3cc4c(cc3n(CC(N)=O)c2=O)OCCO4)cc1. The molecule has 1 aromatic heterocycles. The monoisotopic (exact) mass is 393 g/mol. The van der Waals surface area contributed by atoms with Crippen molar-refractivity contribution in [3.05, 3.63) is 63.9 Å². The van der Waals surface area contributed by atoms with Crippen molar-refractivity contribution in [3.63, 3.8) is 0 Å². The van der Waals surface area contributed by atoms with Crippen LogP contribution in [0.5, 0.6) is 11.5 Å². The summed E-state index contributed by atoms with van der Waals surface area (Å²) in [5.41, 5.74) is 8.43. The molecule has 3 N–H and O–H groups in total. The average Bonchev–Trinajstić information content (AvgIpc) is 2.73. The lowest BCUT2D eigenvalue weighted by Crippen LogP contribution is -2.31. The van der Waals surface area contributed by atoms with E-state index in [0.717, 1.165) is 17.5 Å². The van der Waals surface area contributed by atoms with Crippen molar-refractivity contribution in [2.24, 2.45) is 5.73 Å². The molecule has 0 radical (unpaired) electrons. The second-order valence-electron chi connectivity index (χ2n) is 6.99. The van der Waals surface area contributed by atoms with Crippen molar-refractivity contribution in [1.82, 2.24) is 4.57 Å². The van der Waals surface area contributed by atoms with E-state index < -0.39 is 5.91 Å². The first kappa shape index (κ1) is 18.9. The average molecular weight is 393 g/mol. The fourth-order valence-electron chi connectivity index (χ4n) is 3.47. The van der Waals surface area contributed by atoms with Crippen molar-refractivity contribution < 1.29 is 14.3 Å². The number of carbonyl (C=O) groups excluding carboxylic acids is 1. The summed E-state index contributed by atoms with van der Waals surface area (Å²) in [6.45, 7) is 3.15. The van der Waals surface area contributed by atoms with Gasteiger partial charge in [-0.2, -0.15) is 0 Å². The summed E-state index contributed by atoms with van der Waals surface area (Å²) in [5.74, 6) is 0.605. The van der Waals surface area contributed by atoms with Gasteiger partial charge >= 0.3 is 0 Å². The van der Waals surface area contributed by atoms with Crippen LogP contribution in [0.15, 0.2) is 47.3 Å². The van der Waals surface area contributed by atoms with Crippen molar-refractivity contribution in [2.75, 3.05) is 18.5 Å². The van der Waals surface area contributed by atoms with Crippen LogP contribution in [0, 0.1) is 0 Å². The van der Waals surface area contributed by atoms with Gasteiger partial charge in [0.1, 0.15) is 19.8 Å². The number of nitrogens with one attached hydrogen (secondary N) is 1. The van der Waals surface area contributed by atoms with E-state index in [2.05, 4.69) is 24.4 Å². The topological polar surface area (TPSA) is 95.6 Å². The van der Waals surface area contributed by atoms with Gasteiger partial charge in [-0.05, 0) is 36.2 Å². The van der Waals surface area contributed by atoms with Crippen LogP contribution in [0.1, 0.15) is 18.1 Å². The lowest BCUT2D eigenvalue weighted by Gasteiger charge is -2.20. The van der Waals surface area contributed by atoms with E-state index in [-0.39, 0.29) is 12.1 Å². The first-order valence-corrected chi connectivity index (χ1v) is 9.62. The van der Waals surface area contributed by atoms with Crippen LogP contribution in [0.4, 0.5) is 5.69 Å². The van der Waals surface area contributed by atoms with E-state index in [9.17, 15) is 9.59 Å². The third-order valence-corrected chi connectivity index (χ3v) is 4.99. The van der Waals surface area contributed by atoms with Crippen molar-refractivity contribution in [1.29, 1.82) is 0 Å². The smallest absolute Gasteiger partial charge is 0.256 e. The number of primary amides is 1. The lowest BCUT2D eigenvalue weighted by atomic mass is 10.1. The van der Waals surface area contributed by atoms with Gasteiger partial charge in [0, 0.05) is 29.2 Å². The van der Waals surface area contributed by atoms with Gasteiger partial charge in [0.15, 0.2) is 11.5 Å². The number of pyridine rings is 1. The van der Waals surface area contributed by atoms with E-state index >= 15 is 0 Å². The van der Waals surface area contributed by atoms with Gasteiger partial charge in [0.05, 0.1) is 5.52 Å². The van der Waals surface area contributed by atoms with Crippen molar-refractivity contribution in [2.45, 2.75) is 26.4 Å². The number of nitrogens with zero attached hydrogens (tertiary/aromatic N) is 1. The van der Waals surface area contributed by atoms with Gasteiger partial charge in [0.25, 0.3) is 5.56 Å². The molecule has 1 aliphatic heterocycles. The molecule has 1 amide bonds. The molecule has 2 aromatic carbocycles. The largest absolute Gasteiger partial charge is 0.486 e. The number of ether oxygens (including phenoxy) is 2. The maximum absolute atomic E-state index is 13.1. The number of hydrogen-bond donors (Lipinski definition) is 2. The summed E-state index contributed by atoms with van der Waals surface area (Å²) in [4.78, 5) is 24.6. The zero-order chi connectivity index (χ0) is 20.4. The molecule has 7 heteroatoms. The Morgan fingerprint density at radius 1 is 1.10 bits per heavy atom. The molecule has 29 heavy (non-hydrogen) atoms. The summed E-state index contributed by atoms with van der Waals surface area (Å²) in [6, 6.07) is 13.5. The molecule has 0 spiro atoms. The Bertz CT molecular complexity index is 1120. The molecular weight excluding hydrogens is 370 g/mol. The van der Waals surface area contributed by atoms with Crippen LogP contribution < -0.4 is 26.1 Å². The van der Waals surface area contributed by atoms with Crippen LogP contribution in [-0.2, 0) is 24.3 Å². The highest BCUT2D eigenvalue weighted by Crippen LogP contribution is 2.34. The van der Waals surface area contributed by atoms with Crippen LogP contribution in [-0.4, -0.2) is 23.7 Å². The summed E-state index contributed by atoms with van der Waals surface area (Å²) < 4.78 is 12.7. The third-order valence-electron chi connectivity index (χ3n) is 4.99. The predicted octanol–water partition coefficient (Wildman–Crippen LogP) is 2.43. The predicted molar refractivity (Wildman–Crippen MR) is 112 cm³/mol. The molecule has 150 valence electrons. The molecule has 4 rings (SSSR count). The van der Waals surface area contributed by atoms with Crippen LogP contribution in [0.2, 0.25) is 0 Å². The van der Waals surface area contributed by atoms with Crippen LogP contribution in [0.3, 0.4) is 0 Å². The number of aryl methyl sites for hydroxylation is 1. The zero-order valence-corrected chi connectivity index (χ0v) is 16.2. The Kier molecular flexibility index (Phi) is 5.12. The Balaban J connectivity index is 1.73. The van der Waals surface area contributed by atoms with Crippen molar-refractivity contribution in [3.8, 4) is 11.5 Å². The molecule has 2 heterocycles. The van der Waals surface area contributed by atoms with E-state index in [1.54, 1.807) is 6.07 Å². The second-order valence-corrected chi connectivity index (χ2v) is 6.99. The number of anilines is 1. The fraction of sp³-hybridized carbons (Fsp3) is 0.273. The van der Waals surface area contributed by atoms with E-state index in [0.29, 0.717) is 42.3 Å². The summed E-state index contributed by atoms with van der Waals surface area (Å²) in [7, 11) is 0. The van der Waals surface area contributed by atoms with Crippen LogP contribution in [0.25, 0.3) is 10.9 Å². The number of fused-ring (bicyclic) bond motifs is 2. The lowest BCUT2D eigenvalue weighted by molar-refractivity contribution is -0.118. The van der Waals surface area contributed by atoms with Gasteiger partial charge in [-0.15, -0.1) is 0 Å². The summed E-state index contributed by atoms with van der Waals surface area (Å²) >= 11 is 0. The Morgan fingerprint density at radius 2 is 1.79 bits per heavy atom. The highest BCUT2D eigenvalue weighted by molar-refractivity contribution is 5.85. The maximum Gasteiger partial charge on any atom is 0.256 e. The maximum atomic E-state index is 13.1. The number of rotatable bonds is 6. The molecule has 0 saturated heterocycles. The quantitative estimate of drug-likeness (QED) is 0.671. The normalized spacial score (nSPS) is 12.7. The number of nitrogens with two attached hydrogens (primary N) is 1. The molecule has 0 fully saturated rings. The number of hydrogen-bond acceptors (Lipinski definition) is 5. The molecule has 0 unspecified atom stereocenters. The minimum Gasteiger partial charge on any atom is -0.486 e. The second kappa shape index (κ2) is 7.87. The molecule has 0 atom stereocenters. The number of amides is 1. The number of benzene rings is 2. The standard InChI is InChI=1S/C22H23N3O4/c1-2-14-3-5-17(6-4-14)24-12-16-9-15-10-19-20(29-8-7-28-19)11-18(15)25(22(16)27)13-21(23)26/h3-6,9-11,24H,2,7-8,12-13H2,1H3,(H2,23,26). The molecular formula is C22H23N3O4. The van der Waals surface area contributed by atoms with Crippen LogP contribution >= 0.6 is 0 Å². The molecule has 0 bridgehead atoms. The van der Waals surface area contributed by atoms with E-state index in [1.807, 2.05) is 24.3 Å².